The fourth-order valence-corrected chi connectivity index (χ4v) is 2.24. The van der Waals surface area contributed by atoms with Gasteiger partial charge in [-0.05, 0) is 24.0 Å². The normalized spacial score (nSPS) is 21.0. The van der Waals surface area contributed by atoms with Crippen molar-refractivity contribution in [1.82, 2.24) is 0 Å². The van der Waals surface area contributed by atoms with Crippen molar-refractivity contribution in [3.8, 4) is 6.07 Å². The van der Waals surface area contributed by atoms with Crippen molar-refractivity contribution >= 4 is 5.97 Å². The largest absolute Gasteiger partial charge is 0.453 e. The number of nitrogens with zero attached hydrogens (tertiary/aromatic N) is 1. The lowest BCUT2D eigenvalue weighted by molar-refractivity contribution is 0.0318. The van der Waals surface area contributed by atoms with Gasteiger partial charge in [0.2, 0.25) is 0 Å². The van der Waals surface area contributed by atoms with Crippen molar-refractivity contribution in [1.29, 1.82) is 5.26 Å². The molecule has 2 unspecified atom stereocenters. The van der Waals surface area contributed by atoms with Crippen LogP contribution >= 0.6 is 0 Å². The van der Waals surface area contributed by atoms with Crippen LogP contribution in [0.15, 0.2) is 42.5 Å². The van der Waals surface area contributed by atoms with Gasteiger partial charge in [0.25, 0.3) is 0 Å². The number of benzene rings is 1. The lowest BCUT2D eigenvalue weighted by Crippen LogP contribution is -2.24. The molecule has 3 heteroatoms. The second-order valence-electron chi connectivity index (χ2n) is 5.63. The SMILES string of the molecule is C=C(C#N)C(OC(=O)c1ccccc1)C1CC1(C)C. The van der Waals surface area contributed by atoms with Gasteiger partial charge < -0.3 is 4.74 Å². The Morgan fingerprint density at radius 1 is 1.47 bits per heavy atom. The number of carbonyl (C=O) groups excluding carboxylic acids is 1. The molecule has 1 aromatic carbocycles. The molecule has 19 heavy (non-hydrogen) atoms. The average Bonchev–Trinajstić information content (AvgIpc) is 3.04. The fourth-order valence-electron chi connectivity index (χ4n) is 2.24. The molecule has 1 aliphatic rings. The second-order valence-corrected chi connectivity index (χ2v) is 5.63. The molecule has 0 bridgehead atoms. The van der Waals surface area contributed by atoms with Gasteiger partial charge in [-0.15, -0.1) is 0 Å². The highest BCUT2D eigenvalue weighted by molar-refractivity contribution is 5.89. The predicted molar refractivity (Wildman–Crippen MR) is 72.3 cm³/mol. The number of hydrogen-bond donors (Lipinski definition) is 0. The molecule has 0 N–H and O–H groups in total. The topological polar surface area (TPSA) is 50.1 Å². The summed E-state index contributed by atoms with van der Waals surface area (Å²) in [5, 5.41) is 8.99. The van der Waals surface area contributed by atoms with Gasteiger partial charge in [-0.25, -0.2) is 4.79 Å². The van der Waals surface area contributed by atoms with E-state index in [0.29, 0.717) is 11.1 Å². The summed E-state index contributed by atoms with van der Waals surface area (Å²) in [5.74, 6) is -0.211. The van der Waals surface area contributed by atoms with Crippen LogP contribution in [0.4, 0.5) is 0 Å². The molecule has 1 saturated carbocycles. The molecule has 1 aromatic rings. The van der Waals surface area contributed by atoms with Crippen LogP contribution in [0.25, 0.3) is 0 Å². The van der Waals surface area contributed by atoms with E-state index in [2.05, 4.69) is 20.4 Å². The number of rotatable bonds is 4. The summed E-state index contributed by atoms with van der Waals surface area (Å²) in [6.45, 7) is 7.91. The summed E-state index contributed by atoms with van der Waals surface area (Å²) >= 11 is 0. The third kappa shape index (κ3) is 2.85. The molecule has 2 rings (SSSR count). The van der Waals surface area contributed by atoms with E-state index in [0.717, 1.165) is 6.42 Å². The highest BCUT2D eigenvalue weighted by atomic mass is 16.5. The molecule has 0 spiro atoms. The van der Waals surface area contributed by atoms with E-state index >= 15 is 0 Å². The van der Waals surface area contributed by atoms with Crippen LogP contribution in [0.1, 0.15) is 30.6 Å². The van der Waals surface area contributed by atoms with Crippen LogP contribution in [-0.2, 0) is 4.74 Å². The van der Waals surface area contributed by atoms with Crippen LogP contribution in [0.3, 0.4) is 0 Å². The van der Waals surface area contributed by atoms with E-state index in [-0.39, 0.29) is 11.3 Å². The Kier molecular flexibility index (Phi) is 3.44. The molecule has 0 heterocycles. The van der Waals surface area contributed by atoms with Crippen LogP contribution in [0.5, 0.6) is 0 Å². The number of hydrogen-bond acceptors (Lipinski definition) is 3. The van der Waals surface area contributed by atoms with Gasteiger partial charge in [-0.3, -0.25) is 0 Å². The maximum absolute atomic E-state index is 12.0. The molecule has 98 valence electrons. The average molecular weight is 255 g/mol. The Morgan fingerprint density at radius 3 is 2.53 bits per heavy atom. The molecule has 2 atom stereocenters. The number of nitriles is 1. The minimum Gasteiger partial charge on any atom is -0.453 e. The van der Waals surface area contributed by atoms with E-state index < -0.39 is 12.1 Å². The second kappa shape index (κ2) is 4.89. The molecule has 0 saturated heterocycles. The lowest BCUT2D eigenvalue weighted by Gasteiger charge is -2.18. The maximum atomic E-state index is 12.0. The predicted octanol–water partition coefficient (Wildman–Crippen LogP) is 3.34. The van der Waals surface area contributed by atoms with Crippen molar-refractivity contribution in [2.75, 3.05) is 0 Å². The maximum Gasteiger partial charge on any atom is 0.338 e. The minimum absolute atomic E-state index is 0.113. The highest BCUT2D eigenvalue weighted by Crippen LogP contribution is 2.55. The van der Waals surface area contributed by atoms with Gasteiger partial charge in [-0.2, -0.15) is 5.26 Å². The monoisotopic (exact) mass is 255 g/mol. The van der Waals surface area contributed by atoms with Gasteiger partial charge in [0, 0.05) is 5.92 Å². The Hall–Kier alpha value is -2.08. The highest BCUT2D eigenvalue weighted by Gasteiger charge is 2.52. The van der Waals surface area contributed by atoms with Crippen molar-refractivity contribution in [2.45, 2.75) is 26.4 Å². The van der Waals surface area contributed by atoms with Crippen LogP contribution in [0, 0.1) is 22.7 Å². The molecule has 0 radical (unpaired) electrons. The van der Waals surface area contributed by atoms with Crippen molar-refractivity contribution in [3.05, 3.63) is 48.0 Å². The Balaban J connectivity index is 2.12. The fraction of sp³-hybridized carbons (Fsp3) is 0.375. The van der Waals surface area contributed by atoms with Crippen LogP contribution in [-0.4, -0.2) is 12.1 Å². The molecule has 1 fully saturated rings. The summed E-state index contributed by atoms with van der Waals surface area (Å²) in [7, 11) is 0. The Bertz CT molecular complexity index is 540. The summed E-state index contributed by atoms with van der Waals surface area (Å²) in [6.07, 6.45) is 0.438. The number of ether oxygens (including phenoxy) is 1. The summed E-state index contributed by atoms with van der Waals surface area (Å²) in [6, 6.07) is 10.8. The Morgan fingerprint density at radius 2 is 2.05 bits per heavy atom. The molecular weight excluding hydrogens is 238 g/mol. The van der Waals surface area contributed by atoms with Crippen molar-refractivity contribution < 1.29 is 9.53 Å². The minimum atomic E-state index is -0.507. The van der Waals surface area contributed by atoms with Crippen molar-refractivity contribution in [2.24, 2.45) is 11.3 Å². The third-order valence-corrected chi connectivity index (χ3v) is 3.69. The first-order valence-electron chi connectivity index (χ1n) is 6.30. The lowest BCUT2D eigenvalue weighted by atomic mass is 10.0. The quantitative estimate of drug-likeness (QED) is 0.612. The summed E-state index contributed by atoms with van der Waals surface area (Å²) in [4.78, 5) is 12.0. The number of esters is 1. The van der Waals surface area contributed by atoms with Gasteiger partial charge >= 0.3 is 5.97 Å². The first-order chi connectivity index (χ1) is 8.95. The van der Waals surface area contributed by atoms with Gasteiger partial charge in [0.05, 0.1) is 17.2 Å². The zero-order valence-corrected chi connectivity index (χ0v) is 11.2. The van der Waals surface area contributed by atoms with Crippen LogP contribution in [0.2, 0.25) is 0 Å². The Labute approximate surface area is 113 Å². The van der Waals surface area contributed by atoms with E-state index in [1.807, 2.05) is 12.1 Å². The van der Waals surface area contributed by atoms with Crippen LogP contribution < -0.4 is 0 Å². The van der Waals surface area contributed by atoms with E-state index in [1.54, 1.807) is 24.3 Å². The standard InChI is InChI=1S/C16H17NO2/c1-11(10-17)14(13-9-16(13,2)3)19-15(18)12-7-5-4-6-8-12/h4-8,13-14H,1,9H2,2-3H3. The molecule has 1 aliphatic carbocycles. The first-order valence-corrected chi connectivity index (χ1v) is 6.30. The zero-order chi connectivity index (χ0) is 14.0. The summed E-state index contributed by atoms with van der Waals surface area (Å²) < 4.78 is 5.49. The van der Waals surface area contributed by atoms with Gasteiger partial charge in [0.15, 0.2) is 0 Å². The zero-order valence-electron chi connectivity index (χ0n) is 11.2. The van der Waals surface area contributed by atoms with Gasteiger partial charge in [-0.1, -0.05) is 38.6 Å². The van der Waals surface area contributed by atoms with Crippen molar-refractivity contribution in [3.63, 3.8) is 0 Å². The molecule has 3 nitrogen and oxygen atoms in total. The van der Waals surface area contributed by atoms with E-state index in [4.69, 9.17) is 10.00 Å². The molecule has 0 aromatic heterocycles. The summed E-state index contributed by atoms with van der Waals surface area (Å²) in [5.41, 5.74) is 0.929. The third-order valence-electron chi connectivity index (χ3n) is 3.69. The first kappa shape index (κ1) is 13.4. The molecular formula is C16H17NO2. The smallest absolute Gasteiger partial charge is 0.338 e. The van der Waals surface area contributed by atoms with E-state index in [1.165, 1.54) is 0 Å². The number of carbonyl (C=O) groups is 1. The molecule has 0 aliphatic heterocycles. The molecule has 0 amide bonds. The van der Waals surface area contributed by atoms with E-state index in [9.17, 15) is 4.79 Å². The van der Waals surface area contributed by atoms with Gasteiger partial charge in [0.1, 0.15) is 6.10 Å².